The maximum absolute atomic E-state index is 13.0. The summed E-state index contributed by atoms with van der Waals surface area (Å²) in [5.74, 6) is 0.774. The van der Waals surface area contributed by atoms with Gasteiger partial charge >= 0.3 is 0 Å². The Morgan fingerprint density at radius 1 is 1.07 bits per heavy atom. The van der Waals surface area contributed by atoms with E-state index in [-0.39, 0.29) is 0 Å². The van der Waals surface area contributed by atoms with Crippen LogP contribution in [0.3, 0.4) is 0 Å². The highest BCUT2D eigenvalue weighted by Crippen LogP contribution is 2.64. The average Bonchev–Trinajstić information content (AvgIpc) is 2.85. The number of rotatable bonds is 1. The number of hydrogen-bond acceptors (Lipinski definition) is 1. The SMILES string of the molecule is O=[P@@]1(c2ccccc2)CC[C@H]2CCC[C@H]21. The molecule has 0 N–H and O–H groups in total. The first-order valence-corrected chi connectivity index (χ1v) is 7.91. The second kappa shape index (κ2) is 3.49. The van der Waals surface area contributed by atoms with Gasteiger partial charge in [0.25, 0.3) is 0 Å². The number of benzene rings is 1. The molecule has 0 radical (unpaired) electrons. The maximum atomic E-state index is 13.0. The lowest BCUT2D eigenvalue weighted by molar-refractivity contribution is 0.553. The second-order valence-corrected chi connectivity index (χ2v) is 8.12. The molecular formula is C13H17OP. The molecule has 0 bridgehead atoms. The smallest absolute Gasteiger partial charge is 0.118 e. The lowest BCUT2D eigenvalue weighted by Gasteiger charge is -2.19. The monoisotopic (exact) mass is 220 g/mol. The molecule has 80 valence electrons. The van der Waals surface area contributed by atoms with Crippen LogP contribution < -0.4 is 5.30 Å². The topological polar surface area (TPSA) is 17.1 Å². The highest BCUT2D eigenvalue weighted by Gasteiger charge is 2.47. The third kappa shape index (κ3) is 1.40. The molecule has 3 rings (SSSR count). The molecule has 15 heavy (non-hydrogen) atoms. The van der Waals surface area contributed by atoms with Crippen LogP contribution in [0.25, 0.3) is 0 Å². The van der Waals surface area contributed by atoms with Crippen LogP contribution in [0.2, 0.25) is 0 Å². The predicted molar refractivity (Wildman–Crippen MR) is 64.3 cm³/mol. The lowest BCUT2D eigenvalue weighted by Crippen LogP contribution is -2.14. The first kappa shape index (κ1) is 9.66. The lowest BCUT2D eigenvalue weighted by atomic mass is 10.1. The Morgan fingerprint density at radius 3 is 2.67 bits per heavy atom. The Kier molecular flexibility index (Phi) is 2.25. The minimum absolute atomic E-state index is 0.528. The van der Waals surface area contributed by atoms with Gasteiger partial charge in [0.05, 0.1) is 0 Å². The molecular weight excluding hydrogens is 203 g/mol. The zero-order valence-corrected chi connectivity index (χ0v) is 9.83. The molecule has 1 heterocycles. The molecule has 0 unspecified atom stereocenters. The van der Waals surface area contributed by atoms with Crippen LogP contribution in [0.4, 0.5) is 0 Å². The van der Waals surface area contributed by atoms with Gasteiger partial charge in [-0.15, -0.1) is 0 Å². The van der Waals surface area contributed by atoms with E-state index in [0.29, 0.717) is 5.66 Å². The summed E-state index contributed by atoms with van der Waals surface area (Å²) in [6, 6.07) is 10.2. The van der Waals surface area contributed by atoms with Gasteiger partial charge in [-0.2, -0.15) is 0 Å². The van der Waals surface area contributed by atoms with Crippen molar-refractivity contribution in [2.24, 2.45) is 5.92 Å². The van der Waals surface area contributed by atoms with Crippen molar-refractivity contribution in [3.63, 3.8) is 0 Å². The molecule has 1 aliphatic heterocycles. The van der Waals surface area contributed by atoms with Crippen molar-refractivity contribution in [1.29, 1.82) is 0 Å². The number of fused-ring (bicyclic) bond motifs is 1. The first-order valence-electron chi connectivity index (χ1n) is 5.95. The van der Waals surface area contributed by atoms with Gasteiger partial charge in [-0.1, -0.05) is 36.8 Å². The molecule has 2 heteroatoms. The molecule has 1 nitrogen and oxygen atoms in total. The van der Waals surface area contributed by atoms with Gasteiger partial charge in [0, 0.05) is 17.1 Å². The zero-order valence-electron chi connectivity index (χ0n) is 8.93. The summed E-state index contributed by atoms with van der Waals surface area (Å²) in [6.45, 7) is 0. The van der Waals surface area contributed by atoms with E-state index in [9.17, 15) is 4.57 Å². The molecule has 0 aromatic heterocycles. The van der Waals surface area contributed by atoms with Crippen LogP contribution in [0.5, 0.6) is 0 Å². The molecule has 1 aromatic carbocycles. The van der Waals surface area contributed by atoms with Crippen LogP contribution in [0.1, 0.15) is 25.7 Å². The van der Waals surface area contributed by atoms with Crippen LogP contribution in [-0.2, 0) is 4.57 Å². The Morgan fingerprint density at radius 2 is 1.87 bits per heavy atom. The predicted octanol–water partition coefficient (Wildman–Crippen LogP) is 3.25. The van der Waals surface area contributed by atoms with Gasteiger partial charge in [0.1, 0.15) is 7.14 Å². The van der Waals surface area contributed by atoms with Crippen molar-refractivity contribution >= 4 is 12.4 Å². The molecule has 1 saturated heterocycles. The van der Waals surface area contributed by atoms with E-state index in [1.165, 1.54) is 25.7 Å². The summed E-state index contributed by atoms with van der Waals surface area (Å²) in [5, 5.41) is 1.14. The van der Waals surface area contributed by atoms with E-state index >= 15 is 0 Å². The molecule has 0 spiro atoms. The summed E-state index contributed by atoms with van der Waals surface area (Å²) >= 11 is 0. The van der Waals surface area contributed by atoms with Crippen LogP contribution in [0, 0.1) is 5.92 Å². The van der Waals surface area contributed by atoms with Crippen LogP contribution in [-0.4, -0.2) is 11.8 Å². The zero-order chi connectivity index (χ0) is 10.3. The van der Waals surface area contributed by atoms with Crippen molar-refractivity contribution in [3.8, 4) is 0 Å². The normalized spacial score (nSPS) is 39.2. The van der Waals surface area contributed by atoms with E-state index in [1.54, 1.807) is 0 Å². The fraction of sp³-hybridized carbons (Fsp3) is 0.538. The average molecular weight is 220 g/mol. The van der Waals surface area contributed by atoms with Crippen molar-refractivity contribution in [3.05, 3.63) is 30.3 Å². The number of hydrogen-bond donors (Lipinski definition) is 0. The van der Waals surface area contributed by atoms with Crippen LogP contribution in [0.15, 0.2) is 30.3 Å². The highest BCUT2D eigenvalue weighted by molar-refractivity contribution is 7.72. The molecule has 2 aliphatic rings. The van der Waals surface area contributed by atoms with Crippen molar-refractivity contribution in [2.45, 2.75) is 31.3 Å². The van der Waals surface area contributed by atoms with Crippen molar-refractivity contribution in [2.75, 3.05) is 6.16 Å². The van der Waals surface area contributed by atoms with Crippen molar-refractivity contribution < 1.29 is 4.57 Å². The maximum Gasteiger partial charge on any atom is 0.118 e. The van der Waals surface area contributed by atoms with E-state index in [1.807, 2.05) is 18.2 Å². The molecule has 2 fully saturated rings. The Balaban J connectivity index is 2.01. The van der Waals surface area contributed by atoms with Gasteiger partial charge in [-0.3, -0.25) is 0 Å². The van der Waals surface area contributed by atoms with Gasteiger partial charge in [-0.05, 0) is 25.2 Å². The molecule has 1 aromatic rings. The fourth-order valence-electron chi connectivity index (χ4n) is 3.43. The minimum atomic E-state index is -2.03. The van der Waals surface area contributed by atoms with Crippen molar-refractivity contribution in [1.82, 2.24) is 0 Å². The van der Waals surface area contributed by atoms with E-state index in [0.717, 1.165) is 17.4 Å². The van der Waals surface area contributed by atoms with Gasteiger partial charge in [-0.25, -0.2) is 0 Å². The molecule has 1 saturated carbocycles. The second-order valence-electron chi connectivity index (χ2n) is 4.90. The first-order chi connectivity index (χ1) is 7.31. The van der Waals surface area contributed by atoms with Gasteiger partial charge < -0.3 is 4.57 Å². The molecule has 3 atom stereocenters. The van der Waals surface area contributed by atoms with E-state index in [2.05, 4.69) is 12.1 Å². The summed E-state index contributed by atoms with van der Waals surface area (Å²) in [4.78, 5) is 0. The quantitative estimate of drug-likeness (QED) is 0.664. The summed E-state index contributed by atoms with van der Waals surface area (Å²) in [7, 11) is -2.03. The third-order valence-electron chi connectivity index (χ3n) is 4.18. The van der Waals surface area contributed by atoms with Gasteiger partial charge in [0.2, 0.25) is 0 Å². The van der Waals surface area contributed by atoms with Gasteiger partial charge in [0.15, 0.2) is 0 Å². The fourth-order valence-corrected chi connectivity index (χ4v) is 7.37. The standard InChI is InChI=1S/C13H17OP/c14-15(12-6-2-1-3-7-12)10-9-11-5-4-8-13(11)15/h1-3,6-7,11,13H,4-5,8-10H2/t11-,13-,15-/m1/s1. The third-order valence-corrected chi connectivity index (χ3v) is 8.03. The van der Waals surface area contributed by atoms with E-state index < -0.39 is 7.14 Å². The Labute approximate surface area is 91.3 Å². The molecule has 1 aliphatic carbocycles. The van der Waals surface area contributed by atoms with Crippen LogP contribution >= 0.6 is 7.14 Å². The molecule has 0 amide bonds. The summed E-state index contributed by atoms with van der Waals surface area (Å²) in [6.07, 6.45) is 5.99. The summed E-state index contributed by atoms with van der Waals surface area (Å²) < 4.78 is 13.0. The van der Waals surface area contributed by atoms with E-state index in [4.69, 9.17) is 0 Å². The highest BCUT2D eigenvalue weighted by atomic mass is 31.2. The minimum Gasteiger partial charge on any atom is -0.318 e. The Bertz CT molecular complexity index is 398. The Hall–Kier alpha value is -0.550. The largest absolute Gasteiger partial charge is 0.318 e. The summed E-state index contributed by atoms with van der Waals surface area (Å²) in [5.41, 5.74) is 0.528.